The Morgan fingerprint density at radius 2 is 1.81 bits per heavy atom. The number of hydrogen-bond acceptors (Lipinski definition) is 3. The summed E-state index contributed by atoms with van der Waals surface area (Å²) < 4.78 is 0. The van der Waals surface area contributed by atoms with Crippen molar-refractivity contribution in [3.05, 3.63) is 88.4 Å². The zero-order valence-electron chi connectivity index (χ0n) is 17.4. The molecule has 6 heteroatoms. The Hall–Kier alpha value is -2.76. The van der Waals surface area contributed by atoms with Crippen molar-refractivity contribution in [1.29, 1.82) is 0 Å². The number of benzene rings is 3. The van der Waals surface area contributed by atoms with E-state index in [9.17, 15) is 9.59 Å². The number of fused-ring (bicyclic) bond motifs is 2. The molecule has 4 rings (SSSR count). The molecule has 1 N–H and O–H groups in total. The van der Waals surface area contributed by atoms with Crippen LogP contribution in [-0.2, 0) is 6.54 Å². The van der Waals surface area contributed by atoms with Crippen molar-refractivity contribution in [2.24, 2.45) is 0 Å². The molecule has 2 amide bonds. The topological polar surface area (TPSA) is 49.4 Å². The van der Waals surface area contributed by atoms with E-state index in [-0.39, 0.29) is 17.9 Å². The number of nitrogens with one attached hydrogen (secondary N) is 1. The minimum atomic E-state index is -0.144. The van der Waals surface area contributed by atoms with Crippen LogP contribution in [0.5, 0.6) is 0 Å². The number of amides is 2. The highest BCUT2D eigenvalue weighted by atomic mass is 35.5. The maximum absolute atomic E-state index is 13.6. The highest BCUT2D eigenvalue weighted by Crippen LogP contribution is 2.42. The second kappa shape index (κ2) is 9.16. The molecule has 1 heterocycles. The molecule has 158 valence electrons. The van der Waals surface area contributed by atoms with Crippen molar-refractivity contribution in [1.82, 2.24) is 5.32 Å². The lowest BCUT2D eigenvalue weighted by Gasteiger charge is -2.24. The summed E-state index contributed by atoms with van der Waals surface area (Å²) in [5.41, 5.74) is 2.73. The van der Waals surface area contributed by atoms with Gasteiger partial charge in [-0.25, -0.2) is 0 Å². The van der Waals surface area contributed by atoms with E-state index < -0.39 is 0 Å². The van der Waals surface area contributed by atoms with Gasteiger partial charge in [0.2, 0.25) is 0 Å². The SMILES string of the molecule is CC[C@H](C)NC(=O)c1ccc2c(c1)N(Cc1ccccc1Cl)C(=O)c1ccccc1S2. The molecule has 3 aromatic carbocycles. The first-order valence-corrected chi connectivity index (χ1v) is 11.4. The number of anilines is 1. The Kier molecular flexibility index (Phi) is 6.35. The van der Waals surface area contributed by atoms with Gasteiger partial charge in [-0.1, -0.05) is 60.6 Å². The van der Waals surface area contributed by atoms with Gasteiger partial charge in [-0.05, 0) is 55.3 Å². The Morgan fingerprint density at radius 3 is 2.58 bits per heavy atom. The molecule has 0 aliphatic carbocycles. The third-order valence-electron chi connectivity index (χ3n) is 5.37. The summed E-state index contributed by atoms with van der Waals surface area (Å²) in [6.07, 6.45) is 0.846. The van der Waals surface area contributed by atoms with Gasteiger partial charge in [0.05, 0.1) is 17.8 Å². The minimum absolute atomic E-state index is 0.0748. The molecule has 0 saturated heterocycles. The molecule has 0 fully saturated rings. The molecule has 0 radical (unpaired) electrons. The summed E-state index contributed by atoms with van der Waals surface area (Å²) in [7, 11) is 0. The molecule has 4 nitrogen and oxygen atoms in total. The Balaban J connectivity index is 1.80. The van der Waals surface area contributed by atoms with Crippen LogP contribution >= 0.6 is 23.4 Å². The molecule has 1 aliphatic rings. The number of rotatable bonds is 5. The molecule has 0 spiro atoms. The van der Waals surface area contributed by atoms with Gasteiger partial charge < -0.3 is 10.2 Å². The van der Waals surface area contributed by atoms with E-state index in [1.54, 1.807) is 11.0 Å². The Labute approximate surface area is 191 Å². The van der Waals surface area contributed by atoms with Gasteiger partial charge in [0.1, 0.15) is 0 Å². The van der Waals surface area contributed by atoms with Gasteiger partial charge in [0, 0.05) is 26.4 Å². The van der Waals surface area contributed by atoms with Crippen LogP contribution in [-0.4, -0.2) is 17.9 Å². The van der Waals surface area contributed by atoms with Gasteiger partial charge in [-0.3, -0.25) is 9.59 Å². The predicted octanol–water partition coefficient (Wildman–Crippen LogP) is 6.18. The summed E-state index contributed by atoms with van der Waals surface area (Å²) in [5.74, 6) is -0.254. The van der Waals surface area contributed by atoms with Crippen LogP contribution in [0, 0.1) is 0 Å². The summed E-state index contributed by atoms with van der Waals surface area (Å²) in [6.45, 7) is 4.32. The Bertz CT molecular complexity index is 1150. The smallest absolute Gasteiger partial charge is 0.259 e. The molecule has 0 unspecified atom stereocenters. The number of nitrogens with zero attached hydrogens (tertiary/aromatic N) is 1. The van der Waals surface area contributed by atoms with E-state index >= 15 is 0 Å². The number of halogens is 1. The molecule has 0 bridgehead atoms. The van der Waals surface area contributed by atoms with Crippen LogP contribution in [0.25, 0.3) is 0 Å². The van der Waals surface area contributed by atoms with Crippen molar-refractivity contribution in [3.63, 3.8) is 0 Å². The van der Waals surface area contributed by atoms with Crippen molar-refractivity contribution >= 4 is 40.9 Å². The molecule has 0 saturated carbocycles. The fourth-order valence-corrected chi connectivity index (χ4v) is 4.68. The lowest BCUT2D eigenvalue weighted by Crippen LogP contribution is -2.33. The average Bonchev–Trinajstić information content (AvgIpc) is 2.89. The lowest BCUT2D eigenvalue weighted by molar-refractivity contribution is 0.0936. The maximum atomic E-state index is 13.6. The van der Waals surface area contributed by atoms with Crippen LogP contribution in [0.15, 0.2) is 76.5 Å². The number of hydrogen-bond donors (Lipinski definition) is 1. The van der Waals surface area contributed by atoms with Gasteiger partial charge >= 0.3 is 0 Å². The first kappa shape index (κ1) is 21.5. The van der Waals surface area contributed by atoms with E-state index in [1.165, 1.54) is 11.8 Å². The van der Waals surface area contributed by atoms with Crippen LogP contribution in [0.1, 0.15) is 46.5 Å². The Morgan fingerprint density at radius 1 is 1.06 bits per heavy atom. The summed E-state index contributed by atoms with van der Waals surface area (Å²) in [6, 6.07) is 20.7. The van der Waals surface area contributed by atoms with Crippen LogP contribution in [0.4, 0.5) is 5.69 Å². The summed E-state index contributed by atoms with van der Waals surface area (Å²) >= 11 is 7.94. The monoisotopic (exact) mass is 450 g/mol. The predicted molar refractivity (Wildman–Crippen MR) is 126 cm³/mol. The summed E-state index contributed by atoms with van der Waals surface area (Å²) in [5, 5.41) is 3.60. The zero-order valence-corrected chi connectivity index (χ0v) is 19.0. The van der Waals surface area contributed by atoms with Gasteiger partial charge in [0.25, 0.3) is 11.8 Å². The van der Waals surface area contributed by atoms with E-state index in [0.717, 1.165) is 21.8 Å². The third kappa shape index (κ3) is 4.48. The van der Waals surface area contributed by atoms with E-state index in [2.05, 4.69) is 5.32 Å². The van der Waals surface area contributed by atoms with Gasteiger partial charge in [-0.15, -0.1) is 0 Å². The second-order valence-corrected chi connectivity index (χ2v) is 9.04. The molecular formula is C25H23ClN2O2S. The van der Waals surface area contributed by atoms with Crippen molar-refractivity contribution in [2.45, 2.75) is 42.6 Å². The molecule has 1 aliphatic heterocycles. The largest absolute Gasteiger partial charge is 0.350 e. The van der Waals surface area contributed by atoms with E-state index in [0.29, 0.717) is 28.4 Å². The van der Waals surface area contributed by atoms with E-state index in [1.807, 2.05) is 74.5 Å². The van der Waals surface area contributed by atoms with E-state index in [4.69, 9.17) is 11.6 Å². The molecule has 31 heavy (non-hydrogen) atoms. The van der Waals surface area contributed by atoms with Crippen LogP contribution in [0.2, 0.25) is 5.02 Å². The average molecular weight is 451 g/mol. The van der Waals surface area contributed by atoms with Crippen LogP contribution < -0.4 is 10.2 Å². The maximum Gasteiger partial charge on any atom is 0.259 e. The molecule has 3 aromatic rings. The molecular weight excluding hydrogens is 428 g/mol. The quantitative estimate of drug-likeness (QED) is 0.505. The lowest BCUT2D eigenvalue weighted by atomic mass is 10.1. The fraction of sp³-hybridized carbons (Fsp3) is 0.200. The number of carbonyl (C=O) groups is 2. The summed E-state index contributed by atoms with van der Waals surface area (Å²) in [4.78, 5) is 29.9. The van der Waals surface area contributed by atoms with Crippen molar-refractivity contribution in [3.8, 4) is 0 Å². The fourth-order valence-electron chi connectivity index (χ4n) is 3.42. The third-order valence-corrected chi connectivity index (χ3v) is 6.88. The molecule has 0 aromatic heterocycles. The zero-order chi connectivity index (χ0) is 22.0. The second-order valence-electron chi connectivity index (χ2n) is 7.55. The highest BCUT2D eigenvalue weighted by molar-refractivity contribution is 7.99. The number of carbonyl (C=O) groups excluding carboxylic acids is 2. The van der Waals surface area contributed by atoms with Crippen molar-refractivity contribution < 1.29 is 9.59 Å². The van der Waals surface area contributed by atoms with Crippen LogP contribution in [0.3, 0.4) is 0 Å². The highest BCUT2D eigenvalue weighted by Gasteiger charge is 2.28. The standard InChI is InChI=1S/C25H23ClN2O2S/c1-3-16(2)27-24(29)17-12-13-23-21(14-17)28(15-18-8-4-6-10-20(18)26)25(30)19-9-5-7-11-22(19)31-23/h4-14,16H,3,15H2,1-2H3,(H,27,29)/t16-/m0/s1. The first-order chi connectivity index (χ1) is 15.0. The van der Waals surface area contributed by atoms with Gasteiger partial charge in [-0.2, -0.15) is 0 Å². The normalized spacial score (nSPS) is 13.8. The molecule has 1 atom stereocenters. The minimum Gasteiger partial charge on any atom is -0.350 e. The van der Waals surface area contributed by atoms with Gasteiger partial charge in [0.15, 0.2) is 0 Å². The van der Waals surface area contributed by atoms with Crippen molar-refractivity contribution in [2.75, 3.05) is 4.90 Å². The first-order valence-electron chi connectivity index (χ1n) is 10.2.